The predicted molar refractivity (Wildman–Crippen MR) is 60.9 cm³/mol. The Kier molecular flexibility index (Phi) is 3.09. The molecule has 6 nitrogen and oxygen atoms in total. The molecule has 0 amide bonds. The van der Waals surface area contributed by atoms with E-state index < -0.39 is 11.2 Å². The Morgan fingerprint density at radius 2 is 2.06 bits per heavy atom. The van der Waals surface area contributed by atoms with Gasteiger partial charge < -0.3 is 9.88 Å². The van der Waals surface area contributed by atoms with Crippen LogP contribution in [0.3, 0.4) is 0 Å². The summed E-state index contributed by atoms with van der Waals surface area (Å²) >= 11 is 5.50. The lowest BCUT2D eigenvalue weighted by atomic mass is 10.3. The number of nitrogens with one attached hydrogen (secondary N) is 2. The van der Waals surface area contributed by atoms with E-state index >= 15 is 0 Å². The Hall–Kier alpha value is -1.56. The molecule has 86 valence electrons. The van der Waals surface area contributed by atoms with Gasteiger partial charge in [-0.2, -0.15) is 4.51 Å². The number of H-pyrrole nitrogens is 2. The third kappa shape index (κ3) is 2.01. The molecular formula is C9H11ClN4O2. The lowest BCUT2D eigenvalue weighted by molar-refractivity contribution is 0.521. The van der Waals surface area contributed by atoms with Crippen molar-refractivity contribution >= 4 is 17.6 Å². The van der Waals surface area contributed by atoms with Gasteiger partial charge in [0.2, 0.25) is 0 Å². The van der Waals surface area contributed by atoms with Crippen LogP contribution in [0.15, 0.2) is 20.3 Å². The normalized spacial score (nSPS) is 16.8. The fourth-order valence-electron chi connectivity index (χ4n) is 1.77. The maximum Gasteiger partial charge on any atom is 0.325 e. The highest BCUT2D eigenvalue weighted by molar-refractivity contribution is 6.22. The van der Waals surface area contributed by atoms with Crippen molar-refractivity contribution in [1.29, 1.82) is 0 Å². The fraction of sp³-hybridized carbons (Fsp3) is 0.444. The van der Waals surface area contributed by atoms with Crippen LogP contribution >= 0.6 is 11.8 Å². The lowest BCUT2D eigenvalue weighted by Crippen LogP contribution is -2.35. The quantitative estimate of drug-likeness (QED) is 0.540. The van der Waals surface area contributed by atoms with Gasteiger partial charge >= 0.3 is 5.69 Å². The molecule has 0 spiro atoms. The first kappa shape index (κ1) is 10.9. The summed E-state index contributed by atoms with van der Waals surface area (Å²) in [6, 6.07) is 0. The Morgan fingerprint density at radius 1 is 1.38 bits per heavy atom. The van der Waals surface area contributed by atoms with Gasteiger partial charge in [0.05, 0.1) is 5.56 Å². The number of hydrogen-bond donors (Lipinski definition) is 2. The number of nitrogens with zero attached hydrogens (tertiary/aromatic N) is 2. The number of likely N-dealkylation sites (tertiary alicyclic amines) is 1. The molecule has 16 heavy (non-hydrogen) atoms. The molecule has 2 rings (SSSR count). The molecule has 0 bridgehead atoms. The molecule has 7 heteroatoms. The van der Waals surface area contributed by atoms with Crippen molar-refractivity contribution in [2.24, 2.45) is 4.51 Å². The molecule has 0 unspecified atom stereocenters. The number of hydrogen-bond acceptors (Lipinski definition) is 3. The second-order valence-corrected chi connectivity index (χ2v) is 3.76. The molecule has 1 saturated heterocycles. The van der Waals surface area contributed by atoms with E-state index in [4.69, 9.17) is 11.8 Å². The van der Waals surface area contributed by atoms with Crippen molar-refractivity contribution in [3.05, 3.63) is 32.6 Å². The van der Waals surface area contributed by atoms with Crippen LogP contribution < -0.4 is 11.2 Å². The van der Waals surface area contributed by atoms with Crippen LogP contribution in [0, 0.1) is 0 Å². The minimum absolute atomic E-state index is 0.288. The van der Waals surface area contributed by atoms with Gasteiger partial charge in [-0.05, 0) is 12.8 Å². The first-order valence-corrected chi connectivity index (χ1v) is 5.32. The molecule has 0 radical (unpaired) electrons. The number of aromatic amines is 2. The van der Waals surface area contributed by atoms with Gasteiger partial charge in [0, 0.05) is 31.1 Å². The Balaban J connectivity index is 2.41. The van der Waals surface area contributed by atoms with Gasteiger partial charge in [0.25, 0.3) is 5.56 Å². The number of amidine groups is 1. The van der Waals surface area contributed by atoms with Crippen LogP contribution in [0.2, 0.25) is 0 Å². The number of aromatic nitrogens is 2. The van der Waals surface area contributed by atoms with E-state index in [2.05, 4.69) is 14.5 Å². The minimum atomic E-state index is -0.538. The van der Waals surface area contributed by atoms with Crippen molar-refractivity contribution < 1.29 is 0 Å². The predicted octanol–water partition coefficient (Wildman–Crippen LogP) is 0.0594. The van der Waals surface area contributed by atoms with Gasteiger partial charge in [0.15, 0.2) is 5.84 Å². The first-order valence-electron chi connectivity index (χ1n) is 4.98. The summed E-state index contributed by atoms with van der Waals surface area (Å²) < 4.78 is 3.60. The van der Waals surface area contributed by atoms with Crippen molar-refractivity contribution in [1.82, 2.24) is 14.9 Å². The Labute approximate surface area is 96.1 Å². The summed E-state index contributed by atoms with van der Waals surface area (Å²) in [7, 11) is 0. The van der Waals surface area contributed by atoms with Gasteiger partial charge in [-0.25, -0.2) is 4.79 Å². The van der Waals surface area contributed by atoms with E-state index in [1.807, 2.05) is 4.90 Å². The summed E-state index contributed by atoms with van der Waals surface area (Å²) in [6.07, 6.45) is 3.44. The molecular weight excluding hydrogens is 232 g/mol. The molecule has 0 saturated carbocycles. The van der Waals surface area contributed by atoms with E-state index in [-0.39, 0.29) is 5.56 Å². The van der Waals surface area contributed by atoms with Gasteiger partial charge in [0.1, 0.15) is 0 Å². The Morgan fingerprint density at radius 3 is 2.62 bits per heavy atom. The zero-order chi connectivity index (χ0) is 11.5. The topological polar surface area (TPSA) is 81.3 Å². The summed E-state index contributed by atoms with van der Waals surface area (Å²) in [4.78, 5) is 28.9. The Bertz CT molecular complexity index is 513. The monoisotopic (exact) mass is 242 g/mol. The molecule has 1 aromatic heterocycles. The van der Waals surface area contributed by atoms with E-state index in [1.54, 1.807) is 0 Å². The van der Waals surface area contributed by atoms with E-state index in [1.165, 1.54) is 6.20 Å². The average molecular weight is 243 g/mol. The van der Waals surface area contributed by atoms with Crippen molar-refractivity contribution in [2.75, 3.05) is 13.1 Å². The largest absolute Gasteiger partial charge is 0.355 e. The summed E-state index contributed by atoms with van der Waals surface area (Å²) in [5.41, 5.74) is -0.726. The van der Waals surface area contributed by atoms with Gasteiger partial charge in [-0.15, -0.1) is 0 Å². The third-order valence-corrected chi connectivity index (χ3v) is 2.71. The minimum Gasteiger partial charge on any atom is -0.355 e. The molecule has 1 aliphatic rings. The number of halogens is 1. The van der Waals surface area contributed by atoms with Crippen LogP contribution in [-0.2, 0) is 0 Å². The molecule has 0 aromatic carbocycles. The SMILES string of the molecule is O=c1[nH]cc(C(=NCl)N2CCCC2)c(=O)[nH]1. The summed E-state index contributed by atoms with van der Waals surface area (Å²) in [5, 5.41) is 0. The lowest BCUT2D eigenvalue weighted by Gasteiger charge is -2.17. The van der Waals surface area contributed by atoms with E-state index in [0.29, 0.717) is 5.84 Å². The standard InChI is InChI=1S/C9H11ClN4O2/c10-13-7(14-3-1-2-4-14)6-5-11-9(16)12-8(6)15/h5H,1-4H2,(H2,11,12,15,16). The van der Waals surface area contributed by atoms with Crippen LogP contribution in [0.1, 0.15) is 18.4 Å². The molecule has 0 aliphatic carbocycles. The van der Waals surface area contributed by atoms with Gasteiger partial charge in [-0.3, -0.25) is 9.78 Å². The smallest absolute Gasteiger partial charge is 0.325 e. The molecule has 1 aliphatic heterocycles. The van der Waals surface area contributed by atoms with E-state index in [9.17, 15) is 9.59 Å². The van der Waals surface area contributed by atoms with Crippen LogP contribution in [0.4, 0.5) is 0 Å². The average Bonchev–Trinajstić information content (AvgIpc) is 2.75. The maximum atomic E-state index is 11.6. The van der Waals surface area contributed by atoms with E-state index in [0.717, 1.165) is 25.9 Å². The van der Waals surface area contributed by atoms with Crippen LogP contribution in [0.5, 0.6) is 0 Å². The highest BCUT2D eigenvalue weighted by Gasteiger charge is 2.20. The third-order valence-electron chi connectivity index (χ3n) is 2.55. The maximum absolute atomic E-state index is 11.6. The van der Waals surface area contributed by atoms with Crippen LogP contribution in [-0.4, -0.2) is 33.8 Å². The molecule has 2 N–H and O–H groups in total. The summed E-state index contributed by atoms with van der Waals surface area (Å²) in [6.45, 7) is 1.65. The van der Waals surface area contributed by atoms with Crippen molar-refractivity contribution in [2.45, 2.75) is 12.8 Å². The molecule has 1 fully saturated rings. The first-order chi connectivity index (χ1) is 7.72. The zero-order valence-corrected chi connectivity index (χ0v) is 9.25. The summed E-state index contributed by atoms with van der Waals surface area (Å²) in [5.74, 6) is 0.414. The molecule has 0 atom stereocenters. The van der Waals surface area contributed by atoms with Crippen LogP contribution in [0.25, 0.3) is 0 Å². The van der Waals surface area contributed by atoms with Crippen molar-refractivity contribution in [3.63, 3.8) is 0 Å². The second-order valence-electron chi connectivity index (χ2n) is 3.59. The zero-order valence-electron chi connectivity index (χ0n) is 8.49. The molecule has 1 aromatic rings. The van der Waals surface area contributed by atoms with Crippen molar-refractivity contribution in [3.8, 4) is 0 Å². The molecule has 2 heterocycles. The fourth-order valence-corrected chi connectivity index (χ4v) is 1.97. The highest BCUT2D eigenvalue weighted by Crippen LogP contribution is 2.11. The number of rotatable bonds is 1. The van der Waals surface area contributed by atoms with Gasteiger partial charge in [-0.1, -0.05) is 0 Å². The highest BCUT2D eigenvalue weighted by atomic mass is 35.5. The second kappa shape index (κ2) is 4.52.